The van der Waals surface area contributed by atoms with Crippen molar-refractivity contribution in [3.63, 3.8) is 0 Å². The van der Waals surface area contributed by atoms with Gasteiger partial charge in [0.2, 0.25) is 11.7 Å². The van der Waals surface area contributed by atoms with Gasteiger partial charge in [-0.1, -0.05) is 0 Å². The summed E-state index contributed by atoms with van der Waals surface area (Å²) in [4.78, 5) is 0. The number of aromatic nitrogens is 1. The van der Waals surface area contributed by atoms with Gasteiger partial charge < -0.3 is 14.0 Å². The summed E-state index contributed by atoms with van der Waals surface area (Å²) in [5, 5.41) is 0. The zero-order valence-corrected chi connectivity index (χ0v) is 7.84. The molecular formula is C9H13NO2. The lowest BCUT2D eigenvalue weighted by atomic mass is 10.4. The summed E-state index contributed by atoms with van der Waals surface area (Å²) in [5.41, 5.74) is 1.15. The molecule has 0 bridgehead atoms. The van der Waals surface area contributed by atoms with Crippen molar-refractivity contribution in [3.05, 3.63) is 11.8 Å². The maximum absolute atomic E-state index is 5.59. The van der Waals surface area contributed by atoms with Gasteiger partial charge in [-0.3, -0.25) is 0 Å². The highest BCUT2D eigenvalue weighted by molar-refractivity contribution is 5.42. The van der Waals surface area contributed by atoms with Crippen LogP contribution < -0.4 is 9.47 Å². The fraction of sp³-hybridized carbons (Fsp3) is 0.556. The number of hydrogen-bond acceptors (Lipinski definition) is 2. The van der Waals surface area contributed by atoms with Crippen LogP contribution in [0.3, 0.4) is 0 Å². The Bertz CT molecular complexity index is 326. The van der Waals surface area contributed by atoms with E-state index in [9.17, 15) is 0 Å². The normalized spacial score (nSPS) is 18.3. The second-order valence-electron chi connectivity index (χ2n) is 3.62. The molecule has 0 unspecified atom stereocenters. The molecule has 0 radical (unpaired) electrons. The SMILES string of the molecule is Cc1cc2c(n1C)OC(C)(C)O2. The molecule has 1 aliphatic rings. The van der Waals surface area contributed by atoms with Gasteiger partial charge in [-0.15, -0.1) is 0 Å². The average Bonchev–Trinajstić information content (AvgIpc) is 2.33. The fourth-order valence-corrected chi connectivity index (χ4v) is 1.38. The Labute approximate surface area is 71.9 Å². The molecule has 0 amide bonds. The van der Waals surface area contributed by atoms with E-state index >= 15 is 0 Å². The van der Waals surface area contributed by atoms with Crippen molar-refractivity contribution in [2.24, 2.45) is 7.05 Å². The van der Waals surface area contributed by atoms with Crippen LogP contribution in [0.25, 0.3) is 0 Å². The minimum absolute atomic E-state index is 0.504. The number of fused-ring (bicyclic) bond motifs is 1. The molecule has 0 saturated carbocycles. The molecule has 12 heavy (non-hydrogen) atoms. The number of aryl methyl sites for hydroxylation is 1. The minimum atomic E-state index is -0.504. The Kier molecular flexibility index (Phi) is 1.24. The second kappa shape index (κ2) is 1.97. The first-order chi connectivity index (χ1) is 5.49. The van der Waals surface area contributed by atoms with Crippen LogP contribution in [0.1, 0.15) is 19.5 Å². The molecule has 0 fully saturated rings. The molecule has 0 aliphatic carbocycles. The molecule has 0 saturated heterocycles. The van der Waals surface area contributed by atoms with E-state index in [1.807, 2.05) is 38.5 Å². The Morgan fingerprint density at radius 1 is 1.33 bits per heavy atom. The van der Waals surface area contributed by atoms with E-state index in [-0.39, 0.29) is 0 Å². The highest BCUT2D eigenvalue weighted by atomic mass is 16.7. The van der Waals surface area contributed by atoms with Gasteiger partial charge in [-0.2, -0.15) is 0 Å². The van der Waals surface area contributed by atoms with Crippen molar-refractivity contribution in [2.45, 2.75) is 26.6 Å². The molecule has 0 atom stereocenters. The van der Waals surface area contributed by atoms with Gasteiger partial charge in [0.1, 0.15) is 0 Å². The lowest BCUT2D eigenvalue weighted by molar-refractivity contribution is -0.0472. The molecule has 1 aliphatic heterocycles. The summed E-state index contributed by atoms with van der Waals surface area (Å²) >= 11 is 0. The third-order valence-corrected chi connectivity index (χ3v) is 2.08. The molecule has 1 aromatic heterocycles. The number of ether oxygens (including phenoxy) is 2. The van der Waals surface area contributed by atoms with Gasteiger partial charge in [0.15, 0.2) is 5.75 Å². The molecule has 0 N–H and O–H groups in total. The van der Waals surface area contributed by atoms with E-state index in [4.69, 9.17) is 9.47 Å². The predicted molar refractivity (Wildman–Crippen MR) is 45.5 cm³/mol. The topological polar surface area (TPSA) is 23.4 Å². The number of hydrogen-bond donors (Lipinski definition) is 0. The Morgan fingerprint density at radius 2 is 2.00 bits per heavy atom. The van der Waals surface area contributed by atoms with E-state index < -0.39 is 5.79 Å². The van der Waals surface area contributed by atoms with Crippen molar-refractivity contribution < 1.29 is 9.47 Å². The van der Waals surface area contributed by atoms with Gasteiger partial charge in [0.25, 0.3) is 0 Å². The molecule has 0 aromatic carbocycles. The first-order valence-electron chi connectivity index (χ1n) is 4.04. The summed E-state index contributed by atoms with van der Waals surface area (Å²) in [6.07, 6.45) is 0. The van der Waals surface area contributed by atoms with E-state index in [0.717, 1.165) is 17.3 Å². The zero-order valence-electron chi connectivity index (χ0n) is 7.84. The summed E-state index contributed by atoms with van der Waals surface area (Å²) in [5.74, 6) is 1.17. The first-order valence-corrected chi connectivity index (χ1v) is 4.04. The van der Waals surface area contributed by atoms with Crippen LogP contribution in [0.4, 0.5) is 0 Å². The molecule has 2 rings (SSSR count). The van der Waals surface area contributed by atoms with Crippen LogP contribution in [-0.2, 0) is 7.05 Å². The van der Waals surface area contributed by atoms with Crippen LogP contribution in [0.5, 0.6) is 11.6 Å². The smallest absolute Gasteiger partial charge is 0.247 e. The van der Waals surface area contributed by atoms with Crippen molar-refractivity contribution in [2.75, 3.05) is 0 Å². The maximum Gasteiger partial charge on any atom is 0.247 e. The van der Waals surface area contributed by atoms with Crippen molar-refractivity contribution >= 4 is 0 Å². The maximum atomic E-state index is 5.59. The largest absolute Gasteiger partial charge is 0.447 e. The summed E-state index contributed by atoms with van der Waals surface area (Å²) < 4.78 is 13.1. The highest BCUT2D eigenvalue weighted by Gasteiger charge is 2.34. The Morgan fingerprint density at radius 3 is 2.58 bits per heavy atom. The minimum Gasteiger partial charge on any atom is -0.447 e. The summed E-state index contributed by atoms with van der Waals surface area (Å²) in [6, 6.07) is 1.99. The predicted octanol–water partition coefficient (Wildman–Crippen LogP) is 1.84. The molecule has 2 heterocycles. The van der Waals surface area contributed by atoms with Crippen molar-refractivity contribution in [1.29, 1.82) is 0 Å². The van der Waals surface area contributed by atoms with Crippen LogP contribution in [0.15, 0.2) is 6.07 Å². The molecule has 1 aromatic rings. The lowest BCUT2D eigenvalue weighted by Crippen LogP contribution is -2.30. The molecule has 66 valence electrons. The van der Waals surface area contributed by atoms with E-state index in [0.29, 0.717) is 0 Å². The van der Waals surface area contributed by atoms with Crippen LogP contribution >= 0.6 is 0 Å². The molecular weight excluding hydrogens is 154 g/mol. The quantitative estimate of drug-likeness (QED) is 0.588. The van der Waals surface area contributed by atoms with Gasteiger partial charge >= 0.3 is 0 Å². The lowest BCUT2D eigenvalue weighted by Gasteiger charge is -2.17. The molecule has 3 heteroatoms. The summed E-state index contributed by atoms with van der Waals surface area (Å²) in [6.45, 7) is 5.84. The van der Waals surface area contributed by atoms with Crippen LogP contribution in [-0.4, -0.2) is 10.4 Å². The average molecular weight is 167 g/mol. The second-order valence-corrected chi connectivity index (χ2v) is 3.62. The fourth-order valence-electron chi connectivity index (χ4n) is 1.38. The Balaban J connectivity index is 2.46. The van der Waals surface area contributed by atoms with E-state index in [1.54, 1.807) is 0 Å². The van der Waals surface area contributed by atoms with Gasteiger partial charge in [0, 0.05) is 32.7 Å². The standard InChI is InChI=1S/C9H13NO2/c1-6-5-7-8(10(6)4)12-9(2,3)11-7/h5H,1-4H3. The summed E-state index contributed by atoms with van der Waals surface area (Å²) in [7, 11) is 1.97. The molecule has 3 nitrogen and oxygen atoms in total. The van der Waals surface area contributed by atoms with Gasteiger partial charge in [-0.05, 0) is 6.92 Å². The molecule has 0 spiro atoms. The van der Waals surface area contributed by atoms with E-state index in [1.165, 1.54) is 0 Å². The van der Waals surface area contributed by atoms with Gasteiger partial charge in [0.05, 0.1) is 0 Å². The van der Waals surface area contributed by atoms with Crippen LogP contribution in [0.2, 0.25) is 0 Å². The third-order valence-electron chi connectivity index (χ3n) is 2.08. The number of rotatable bonds is 0. The monoisotopic (exact) mass is 167 g/mol. The highest BCUT2D eigenvalue weighted by Crippen LogP contribution is 2.40. The Hall–Kier alpha value is -1.12. The number of nitrogens with zero attached hydrogens (tertiary/aromatic N) is 1. The van der Waals surface area contributed by atoms with Gasteiger partial charge in [-0.25, -0.2) is 0 Å². The van der Waals surface area contributed by atoms with Crippen molar-refractivity contribution in [1.82, 2.24) is 4.57 Å². The van der Waals surface area contributed by atoms with E-state index in [2.05, 4.69) is 0 Å². The zero-order chi connectivity index (χ0) is 8.93. The third kappa shape index (κ3) is 0.891. The van der Waals surface area contributed by atoms with Crippen LogP contribution in [0, 0.1) is 6.92 Å². The van der Waals surface area contributed by atoms with Crippen molar-refractivity contribution in [3.8, 4) is 11.6 Å². The first kappa shape index (κ1) is 7.53.